The molecule has 1 spiro atoms. The summed E-state index contributed by atoms with van der Waals surface area (Å²) in [6.07, 6.45) is 11.0. The van der Waals surface area contributed by atoms with E-state index < -0.39 is 0 Å². The highest BCUT2D eigenvalue weighted by molar-refractivity contribution is 7.98. The van der Waals surface area contributed by atoms with Crippen LogP contribution >= 0.6 is 23.1 Å². The number of likely N-dealkylation sites (tertiary alicyclic amines) is 1. The molecule has 0 unspecified atom stereocenters. The molecule has 2 aromatic heterocycles. The highest BCUT2D eigenvalue weighted by atomic mass is 32.2. The third-order valence-electron chi connectivity index (χ3n) is 7.52. The minimum Gasteiger partial charge on any atom is -0.380 e. The van der Waals surface area contributed by atoms with Crippen molar-refractivity contribution >= 4 is 50.3 Å². The van der Waals surface area contributed by atoms with E-state index in [1.807, 2.05) is 41.7 Å². The molecule has 1 aromatic carbocycles. The van der Waals surface area contributed by atoms with Crippen molar-refractivity contribution in [2.75, 3.05) is 43.2 Å². The summed E-state index contributed by atoms with van der Waals surface area (Å²) in [4.78, 5) is 29.8. The van der Waals surface area contributed by atoms with Crippen molar-refractivity contribution in [2.45, 2.75) is 49.1 Å². The Morgan fingerprint density at radius 3 is 2.57 bits per heavy atom. The Bertz CT molecular complexity index is 1200. The van der Waals surface area contributed by atoms with E-state index in [1.165, 1.54) is 0 Å². The van der Waals surface area contributed by atoms with Gasteiger partial charge in [-0.05, 0) is 56.6 Å². The Labute approximate surface area is 213 Å². The Hall–Kier alpha value is -2.43. The molecule has 35 heavy (non-hydrogen) atoms. The van der Waals surface area contributed by atoms with Crippen molar-refractivity contribution in [3.63, 3.8) is 0 Å². The van der Waals surface area contributed by atoms with Gasteiger partial charge in [0.1, 0.15) is 0 Å². The molecule has 0 radical (unpaired) electrons. The second-order valence-electron chi connectivity index (χ2n) is 9.93. The maximum atomic E-state index is 13.1. The highest BCUT2D eigenvalue weighted by Crippen LogP contribution is 2.39. The molecule has 4 heterocycles. The van der Waals surface area contributed by atoms with Gasteiger partial charge in [-0.1, -0.05) is 11.3 Å². The fourth-order valence-corrected chi connectivity index (χ4v) is 6.56. The SMILES string of the molecule is CSc1cnc(N[C@H]2CC[C@H](Nc3nc4ccc(C(=O)N5CCC6(CC5)COC6)cc4s3)C2)nc1. The maximum absolute atomic E-state index is 13.1. The first-order chi connectivity index (χ1) is 17.1. The number of carbonyl (C=O) groups excluding carboxylic acids is 1. The van der Waals surface area contributed by atoms with Crippen LogP contribution in [0, 0.1) is 5.41 Å². The van der Waals surface area contributed by atoms with E-state index in [-0.39, 0.29) is 5.91 Å². The lowest BCUT2D eigenvalue weighted by Crippen LogP contribution is -2.52. The number of nitrogens with zero attached hydrogens (tertiary/aromatic N) is 4. The summed E-state index contributed by atoms with van der Waals surface area (Å²) in [5.74, 6) is 0.818. The number of carbonyl (C=O) groups is 1. The van der Waals surface area contributed by atoms with E-state index in [0.717, 1.165) is 84.2 Å². The van der Waals surface area contributed by atoms with Crippen LogP contribution in [0.15, 0.2) is 35.5 Å². The first-order valence-corrected chi connectivity index (χ1v) is 14.3. The highest BCUT2D eigenvalue weighted by Gasteiger charge is 2.42. The summed E-state index contributed by atoms with van der Waals surface area (Å²) in [5, 5.41) is 7.99. The van der Waals surface area contributed by atoms with Gasteiger partial charge in [0, 0.05) is 53.4 Å². The van der Waals surface area contributed by atoms with Crippen molar-refractivity contribution in [3.8, 4) is 0 Å². The molecule has 6 rings (SSSR count). The Kier molecular flexibility index (Phi) is 6.28. The number of piperidine rings is 1. The summed E-state index contributed by atoms with van der Waals surface area (Å²) in [5.41, 5.74) is 2.03. The molecule has 1 aliphatic carbocycles. The zero-order valence-corrected chi connectivity index (χ0v) is 21.5. The van der Waals surface area contributed by atoms with Crippen LogP contribution in [-0.2, 0) is 4.74 Å². The van der Waals surface area contributed by atoms with Gasteiger partial charge in [0.15, 0.2) is 5.13 Å². The summed E-state index contributed by atoms with van der Waals surface area (Å²) in [6.45, 7) is 3.35. The Morgan fingerprint density at radius 2 is 1.89 bits per heavy atom. The first-order valence-electron chi connectivity index (χ1n) is 12.3. The van der Waals surface area contributed by atoms with E-state index in [2.05, 4.69) is 20.6 Å². The number of rotatable bonds is 6. The van der Waals surface area contributed by atoms with Gasteiger partial charge >= 0.3 is 0 Å². The Morgan fingerprint density at radius 1 is 1.14 bits per heavy atom. The lowest BCUT2D eigenvalue weighted by Gasteiger charge is -2.47. The number of benzene rings is 1. The molecule has 0 bridgehead atoms. The van der Waals surface area contributed by atoms with Gasteiger partial charge in [-0.25, -0.2) is 15.0 Å². The van der Waals surface area contributed by atoms with Crippen molar-refractivity contribution in [2.24, 2.45) is 5.41 Å². The van der Waals surface area contributed by atoms with Gasteiger partial charge in [-0.3, -0.25) is 4.79 Å². The summed E-state index contributed by atoms with van der Waals surface area (Å²) < 4.78 is 6.46. The van der Waals surface area contributed by atoms with Crippen LogP contribution < -0.4 is 10.6 Å². The van der Waals surface area contributed by atoms with Gasteiger partial charge in [-0.2, -0.15) is 0 Å². The maximum Gasteiger partial charge on any atom is 0.253 e. The van der Waals surface area contributed by atoms with E-state index in [1.54, 1.807) is 23.1 Å². The number of thiazole rings is 1. The van der Waals surface area contributed by atoms with Crippen LogP contribution in [0.25, 0.3) is 10.2 Å². The van der Waals surface area contributed by atoms with Gasteiger partial charge < -0.3 is 20.3 Å². The van der Waals surface area contributed by atoms with Crippen LogP contribution in [-0.4, -0.2) is 70.4 Å². The standard InChI is InChI=1S/C25H30N6O2S2/c1-34-19-12-26-23(27-13-19)28-17-3-4-18(11-17)29-24-30-20-5-2-16(10-21(20)35-24)22(32)31-8-6-25(7-9-31)14-33-15-25/h2,5,10,12-13,17-18H,3-4,6-9,11,14-15H2,1H3,(H,29,30)(H,26,27,28)/t17-,18-/m0/s1. The number of thioether (sulfide) groups is 1. The number of anilines is 2. The largest absolute Gasteiger partial charge is 0.380 e. The molecule has 1 saturated carbocycles. The monoisotopic (exact) mass is 510 g/mol. The number of amides is 1. The number of fused-ring (bicyclic) bond motifs is 1. The summed E-state index contributed by atoms with van der Waals surface area (Å²) in [7, 11) is 0. The third-order valence-corrected chi connectivity index (χ3v) is 9.15. The van der Waals surface area contributed by atoms with Crippen LogP contribution in [0.3, 0.4) is 0 Å². The molecule has 2 atom stereocenters. The van der Waals surface area contributed by atoms with E-state index in [9.17, 15) is 4.79 Å². The number of hydrogen-bond donors (Lipinski definition) is 2. The molecule has 3 aliphatic rings. The first kappa shape index (κ1) is 23.0. The van der Waals surface area contributed by atoms with Crippen LogP contribution in [0.2, 0.25) is 0 Å². The molecular formula is C25H30N6O2S2. The molecule has 2 aliphatic heterocycles. The van der Waals surface area contributed by atoms with Gasteiger partial charge in [0.2, 0.25) is 5.95 Å². The van der Waals surface area contributed by atoms with Gasteiger partial charge in [-0.15, -0.1) is 11.8 Å². The molecular weight excluding hydrogens is 480 g/mol. The zero-order chi connectivity index (χ0) is 23.8. The summed E-state index contributed by atoms with van der Waals surface area (Å²) >= 11 is 3.27. The van der Waals surface area contributed by atoms with E-state index in [4.69, 9.17) is 9.72 Å². The minimum absolute atomic E-state index is 0.127. The Balaban J connectivity index is 1.06. The second kappa shape index (κ2) is 9.55. The predicted molar refractivity (Wildman–Crippen MR) is 140 cm³/mol. The average molecular weight is 511 g/mol. The molecule has 10 heteroatoms. The number of ether oxygens (including phenoxy) is 1. The number of hydrogen-bond acceptors (Lipinski definition) is 9. The smallest absolute Gasteiger partial charge is 0.253 e. The van der Waals surface area contributed by atoms with Crippen molar-refractivity contribution in [1.29, 1.82) is 0 Å². The van der Waals surface area contributed by atoms with Crippen molar-refractivity contribution in [1.82, 2.24) is 19.9 Å². The molecule has 2 saturated heterocycles. The van der Waals surface area contributed by atoms with E-state index >= 15 is 0 Å². The van der Waals surface area contributed by atoms with Crippen molar-refractivity contribution < 1.29 is 9.53 Å². The van der Waals surface area contributed by atoms with Gasteiger partial charge in [0.05, 0.1) is 23.4 Å². The average Bonchev–Trinajstić information content (AvgIpc) is 3.48. The fourth-order valence-electron chi connectivity index (χ4n) is 5.26. The normalized spacial score (nSPS) is 23.4. The molecule has 184 valence electrons. The predicted octanol–water partition coefficient (Wildman–Crippen LogP) is 4.51. The van der Waals surface area contributed by atoms with Crippen LogP contribution in [0.4, 0.5) is 11.1 Å². The lowest BCUT2D eigenvalue weighted by atomic mass is 9.77. The second-order valence-corrected chi connectivity index (χ2v) is 11.8. The van der Waals surface area contributed by atoms with Gasteiger partial charge in [0.25, 0.3) is 5.91 Å². The van der Waals surface area contributed by atoms with E-state index in [0.29, 0.717) is 23.4 Å². The fraction of sp³-hybridized carbons (Fsp3) is 0.520. The topological polar surface area (TPSA) is 92.3 Å². The number of aromatic nitrogens is 3. The summed E-state index contributed by atoms with van der Waals surface area (Å²) in [6, 6.07) is 6.61. The molecule has 8 nitrogen and oxygen atoms in total. The van der Waals surface area contributed by atoms with Crippen LogP contribution in [0.5, 0.6) is 0 Å². The molecule has 1 amide bonds. The van der Waals surface area contributed by atoms with Crippen LogP contribution in [0.1, 0.15) is 42.5 Å². The van der Waals surface area contributed by atoms with Crippen molar-refractivity contribution in [3.05, 3.63) is 36.2 Å². The molecule has 2 N–H and O–H groups in total. The third kappa shape index (κ3) is 4.83. The molecule has 3 fully saturated rings. The number of nitrogens with one attached hydrogen (secondary N) is 2. The zero-order valence-electron chi connectivity index (χ0n) is 19.8. The lowest BCUT2D eigenvalue weighted by molar-refractivity contribution is -0.136. The quantitative estimate of drug-likeness (QED) is 0.468. The minimum atomic E-state index is 0.127. The molecule has 3 aromatic rings.